The maximum Gasteiger partial charge on any atom is 0.161 e. The van der Waals surface area contributed by atoms with E-state index in [1.165, 1.54) is 5.56 Å². The molecule has 0 aliphatic heterocycles. The van der Waals surface area contributed by atoms with Crippen molar-refractivity contribution in [2.45, 2.75) is 40.2 Å². The van der Waals surface area contributed by atoms with Gasteiger partial charge < -0.3 is 20.1 Å². The van der Waals surface area contributed by atoms with Gasteiger partial charge in [-0.2, -0.15) is 0 Å². The summed E-state index contributed by atoms with van der Waals surface area (Å²) in [6, 6.07) is 6.25. The molecule has 0 spiro atoms. The van der Waals surface area contributed by atoms with E-state index in [4.69, 9.17) is 15.2 Å². The van der Waals surface area contributed by atoms with E-state index in [-0.39, 0.29) is 6.04 Å². The summed E-state index contributed by atoms with van der Waals surface area (Å²) in [7, 11) is 0. The van der Waals surface area contributed by atoms with Crippen LogP contribution in [-0.2, 0) is 6.42 Å². The van der Waals surface area contributed by atoms with E-state index in [1.54, 1.807) is 0 Å². The normalized spacial score (nSPS) is 12.5. The maximum absolute atomic E-state index is 5.89. The van der Waals surface area contributed by atoms with E-state index in [9.17, 15) is 0 Å². The SMILES string of the molecule is CCOc1cc(CC(C)N)ccc1OCCN(CC)CC. The molecule has 1 rings (SSSR count). The molecular formula is C17H30N2O2. The number of ether oxygens (including phenoxy) is 2. The minimum Gasteiger partial charge on any atom is -0.490 e. The molecule has 1 aromatic rings. The zero-order valence-electron chi connectivity index (χ0n) is 13.9. The molecule has 0 bridgehead atoms. The second-order valence-corrected chi connectivity index (χ2v) is 5.27. The fourth-order valence-corrected chi connectivity index (χ4v) is 2.26. The first-order valence-corrected chi connectivity index (χ1v) is 7.97. The molecule has 0 saturated carbocycles. The lowest BCUT2D eigenvalue weighted by atomic mass is 10.1. The molecule has 0 aliphatic rings. The minimum atomic E-state index is 0.147. The van der Waals surface area contributed by atoms with Gasteiger partial charge in [0.05, 0.1) is 6.61 Å². The highest BCUT2D eigenvalue weighted by Gasteiger charge is 2.08. The Morgan fingerprint density at radius 1 is 1.10 bits per heavy atom. The lowest BCUT2D eigenvalue weighted by Gasteiger charge is -2.19. The molecule has 0 aliphatic carbocycles. The second kappa shape index (κ2) is 9.64. The van der Waals surface area contributed by atoms with Crippen molar-refractivity contribution in [3.63, 3.8) is 0 Å². The van der Waals surface area contributed by atoms with Gasteiger partial charge in [0.25, 0.3) is 0 Å². The Balaban J connectivity index is 2.67. The summed E-state index contributed by atoms with van der Waals surface area (Å²) < 4.78 is 11.6. The van der Waals surface area contributed by atoms with Crippen LogP contribution in [0, 0.1) is 0 Å². The van der Waals surface area contributed by atoms with Crippen molar-refractivity contribution < 1.29 is 9.47 Å². The van der Waals surface area contributed by atoms with Crippen LogP contribution in [-0.4, -0.2) is 43.8 Å². The van der Waals surface area contributed by atoms with Crippen molar-refractivity contribution in [1.29, 1.82) is 0 Å². The first kappa shape index (κ1) is 17.8. The third-order valence-electron chi connectivity index (χ3n) is 3.43. The van der Waals surface area contributed by atoms with Gasteiger partial charge in [-0.3, -0.25) is 0 Å². The van der Waals surface area contributed by atoms with Crippen LogP contribution in [0.4, 0.5) is 0 Å². The molecule has 0 amide bonds. The highest BCUT2D eigenvalue weighted by atomic mass is 16.5. The van der Waals surface area contributed by atoms with Crippen molar-refractivity contribution in [3.8, 4) is 11.5 Å². The van der Waals surface area contributed by atoms with Crippen molar-refractivity contribution in [2.24, 2.45) is 5.73 Å². The van der Waals surface area contributed by atoms with Gasteiger partial charge in [-0.25, -0.2) is 0 Å². The van der Waals surface area contributed by atoms with Crippen LogP contribution in [0.25, 0.3) is 0 Å². The van der Waals surface area contributed by atoms with Gasteiger partial charge in [0.1, 0.15) is 6.61 Å². The first-order valence-electron chi connectivity index (χ1n) is 7.97. The highest BCUT2D eigenvalue weighted by molar-refractivity contribution is 5.43. The van der Waals surface area contributed by atoms with Crippen molar-refractivity contribution in [2.75, 3.05) is 32.8 Å². The molecule has 1 unspecified atom stereocenters. The summed E-state index contributed by atoms with van der Waals surface area (Å²) in [5.41, 5.74) is 7.04. The number of likely N-dealkylation sites (N-methyl/N-ethyl adjacent to an activating group) is 1. The van der Waals surface area contributed by atoms with E-state index in [0.717, 1.165) is 37.6 Å². The fourth-order valence-electron chi connectivity index (χ4n) is 2.26. The third kappa shape index (κ3) is 6.36. The summed E-state index contributed by atoms with van der Waals surface area (Å²) in [5.74, 6) is 1.63. The molecule has 0 aromatic heterocycles. The number of benzene rings is 1. The standard InChI is InChI=1S/C17H30N2O2/c1-5-19(6-2)10-11-21-16-9-8-15(12-14(4)18)13-17(16)20-7-3/h8-9,13-14H,5-7,10-12,18H2,1-4H3. The number of nitrogens with two attached hydrogens (primary N) is 1. The number of rotatable bonds is 10. The summed E-state index contributed by atoms with van der Waals surface area (Å²) in [6.07, 6.45) is 0.847. The fraction of sp³-hybridized carbons (Fsp3) is 0.647. The summed E-state index contributed by atoms with van der Waals surface area (Å²) in [4.78, 5) is 2.34. The zero-order chi connectivity index (χ0) is 15.7. The van der Waals surface area contributed by atoms with E-state index in [2.05, 4.69) is 24.8 Å². The molecule has 1 aromatic carbocycles. The van der Waals surface area contributed by atoms with E-state index >= 15 is 0 Å². The molecule has 0 saturated heterocycles. The van der Waals surface area contributed by atoms with Crippen LogP contribution in [0.1, 0.15) is 33.3 Å². The topological polar surface area (TPSA) is 47.7 Å². The van der Waals surface area contributed by atoms with Crippen molar-refractivity contribution in [3.05, 3.63) is 23.8 Å². The number of hydrogen-bond donors (Lipinski definition) is 1. The van der Waals surface area contributed by atoms with Crippen LogP contribution in [0.5, 0.6) is 11.5 Å². The van der Waals surface area contributed by atoms with Gasteiger partial charge >= 0.3 is 0 Å². The van der Waals surface area contributed by atoms with Crippen LogP contribution < -0.4 is 15.2 Å². The molecule has 21 heavy (non-hydrogen) atoms. The average Bonchev–Trinajstić information content (AvgIpc) is 2.45. The lowest BCUT2D eigenvalue weighted by Crippen LogP contribution is -2.28. The average molecular weight is 294 g/mol. The largest absolute Gasteiger partial charge is 0.490 e. The zero-order valence-corrected chi connectivity index (χ0v) is 13.9. The Morgan fingerprint density at radius 3 is 2.38 bits per heavy atom. The molecule has 0 fully saturated rings. The predicted octanol–water partition coefficient (Wildman–Crippen LogP) is 2.70. The Bertz CT molecular complexity index is 404. The Labute approximate surface area is 129 Å². The molecule has 0 radical (unpaired) electrons. The van der Waals surface area contributed by atoms with Crippen LogP contribution in [0.15, 0.2) is 18.2 Å². The summed E-state index contributed by atoms with van der Waals surface area (Å²) in [5, 5.41) is 0. The number of nitrogens with zero attached hydrogens (tertiary/aromatic N) is 1. The summed E-state index contributed by atoms with van der Waals surface area (Å²) >= 11 is 0. The quantitative estimate of drug-likeness (QED) is 0.721. The predicted molar refractivity (Wildman–Crippen MR) is 88.2 cm³/mol. The Kier molecular flexibility index (Phi) is 8.16. The Morgan fingerprint density at radius 2 is 1.81 bits per heavy atom. The molecule has 2 N–H and O–H groups in total. The minimum absolute atomic E-state index is 0.147. The number of hydrogen-bond acceptors (Lipinski definition) is 4. The highest BCUT2D eigenvalue weighted by Crippen LogP contribution is 2.29. The smallest absolute Gasteiger partial charge is 0.161 e. The molecule has 1 atom stereocenters. The van der Waals surface area contributed by atoms with Crippen molar-refractivity contribution in [1.82, 2.24) is 4.90 Å². The molecule has 4 heteroatoms. The van der Waals surface area contributed by atoms with E-state index in [0.29, 0.717) is 13.2 Å². The third-order valence-corrected chi connectivity index (χ3v) is 3.43. The van der Waals surface area contributed by atoms with Gasteiger partial charge in [0.2, 0.25) is 0 Å². The van der Waals surface area contributed by atoms with Crippen molar-refractivity contribution >= 4 is 0 Å². The van der Waals surface area contributed by atoms with Crippen LogP contribution in [0.3, 0.4) is 0 Å². The Hall–Kier alpha value is -1.26. The molecular weight excluding hydrogens is 264 g/mol. The van der Waals surface area contributed by atoms with E-state index < -0.39 is 0 Å². The van der Waals surface area contributed by atoms with Gasteiger partial charge in [0.15, 0.2) is 11.5 Å². The van der Waals surface area contributed by atoms with Gasteiger partial charge in [-0.1, -0.05) is 19.9 Å². The molecule has 0 heterocycles. The molecule has 4 nitrogen and oxygen atoms in total. The van der Waals surface area contributed by atoms with Crippen LogP contribution in [0.2, 0.25) is 0 Å². The maximum atomic E-state index is 5.89. The van der Waals surface area contributed by atoms with Crippen LogP contribution >= 0.6 is 0 Å². The van der Waals surface area contributed by atoms with Gasteiger partial charge in [0, 0.05) is 12.6 Å². The first-order chi connectivity index (χ1) is 10.1. The van der Waals surface area contributed by atoms with Gasteiger partial charge in [-0.15, -0.1) is 0 Å². The van der Waals surface area contributed by atoms with Gasteiger partial charge in [-0.05, 0) is 51.1 Å². The second-order valence-electron chi connectivity index (χ2n) is 5.27. The lowest BCUT2D eigenvalue weighted by molar-refractivity contribution is 0.214. The summed E-state index contributed by atoms with van der Waals surface area (Å²) in [6.45, 7) is 12.7. The van der Waals surface area contributed by atoms with E-state index in [1.807, 2.05) is 26.0 Å². The monoisotopic (exact) mass is 294 g/mol. The molecule has 120 valence electrons.